The summed E-state index contributed by atoms with van der Waals surface area (Å²) in [5.74, 6) is 8.52. The molecule has 24 unspecified atom stereocenters. The van der Waals surface area contributed by atoms with E-state index in [0.29, 0.717) is 82.9 Å². The number of rotatable bonds is 8. The lowest BCUT2D eigenvalue weighted by Gasteiger charge is -2.33. The molecule has 0 aromatic heterocycles. The quantitative estimate of drug-likeness (QED) is 0.111. The third-order valence-corrected chi connectivity index (χ3v) is 22.1. The van der Waals surface area contributed by atoms with E-state index in [4.69, 9.17) is 0 Å². The Labute approximate surface area is 543 Å². The molecule has 8 rings (SSSR count). The zero-order valence-corrected chi connectivity index (χ0v) is 60.1. The summed E-state index contributed by atoms with van der Waals surface area (Å²) in [7, 11) is 0. The number of allylic oxidation sites excluding steroid dienone is 4. The summed E-state index contributed by atoms with van der Waals surface area (Å²) in [6, 6.07) is 0. The van der Waals surface area contributed by atoms with E-state index in [-0.39, 0.29) is 48.8 Å². The molecule has 0 aromatic carbocycles. The Hall–Kier alpha value is -2.40. The van der Waals surface area contributed by atoms with Gasteiger partial charge in [-0.1, -0.05) is 172 Å². The van der Waals surface area contributed by atoms with Gasteiger partial charge in [0.05, 0.1) is 48.8 Å². The standard InChI is InChI=1S/8C10H18O/c1-7(2)9-4-8(3)5-10(11)6-9;1-7(2)10-6-9(11)5-4-8(10)3;1-7(2)9-5-4-8(3)10(11)6-9;1-7(2)9-6-8(3)4-5-10(9)11;1-7(2)9-5-4-8(3)6-10(9)11;1-7(2)9-5-4-6-10(11)8(9)3;1-7(2)10-8(3)5-4-6-9(10)11;1-7(2)9-6-4-5-8(3)10(9)11/h8*8-11H,1,4-6H2,2-3H3. The molecule has 0 saturated heterocycles. The zero-order valence-electron chi connectivity index (χ0n) is 60.1. The van der Waals surface area contributed by atoms with Gasteiger partial charge >= 0.3 is 0 Å². The van der Waals surface area contributed by atoms with Gasteiger partial charge in [0, 0.05) is 23.7 Å². The molecule has 8 N–H and O–H groups in total. The van der Waals surface area contributed by atoms with Crippen molar-refractivity contribution in [2.24, 2.45) is 94.7 Å². The van der Waals surface area contributed by atoms with Crippen molar-refractivity contribution in [3.63, 3.8) is 0 Å². The van der Waals surface area contributed by atoms with Crippen LogP contribution in [0.5, 0.6) is 0 Å². The van der Waals surface area contributed by atoms with Crippen molar-refractivity contribution in [1.82, 2.24) is 0 Å². The van der Waals surface area contributed by atoms with Gasteiger partial charge in [0.25, 0.3) is 0 Å². The average molecular weight is 1230 g/mol. The lowest BCUT2D eigenvalue weighted by atomic mass is 9.75. The third-order valence-electron chi connectivity index (χ3n) is 22.1. The molecular weight excluding hydrogens is 1090 g/mol. The maximum atomic E-state index is 9.75. The largest absolute Gasteiger partial charge is 0.393 e. The monoisotopic (exact) mass is 1230 g/mol. The fourth-order valence-corrected chi connectivity index (χ4v) is 15.7. The summed E-state index contributed by atoms with van der Waals surface area (Å²) in [4.78, 5) is 0. The van der Waals surface area contributed by atoms with Gasteiger partial charge in [-0.2, -0.15) is 0 Å². The van der Waals surface area contributed by atoms with Crippen LogP contribution in [0.1, 0.15) is 265 Å². The van der Waals surface area contributed by atoms with Crippen molar-refractivity contribution in [3.05, 3.63) is 97.2 Å². The second-order valence-corrected chi connectivity index (χ2v) is 31.2. The van der Waals surface area contributed by atoms with E-state index >= 15 is 0 Å². The van der Waals surface area contributed by atoms with Crippen LogP contribution < -0.4 is 0 Å². The minimum Gasteiger partial charge on any atom is -0.393 e. The van der Waals surface area contributed by atoms with Crippen LogP contribution in [0, 0.1) is 94.7 Å². The fraction of sp³-hybridized carbons (Fsp3) is 0.800. The summed E-state index contributed by atoms with van der Waals surface area (Å²) in [6.45, 7) is 65.2. The molecule has 8 aliphatic carbocycles. The van der Waals surface area contributed by atoms with E-state index in [1.165, 1.54) is 80.1 Å². The molecular formula is C80H144O8. The zero-order chi connectivity index (χ0) is 67.4. The first-order valence-corrected chi connectivity index (χ1v) is 35.6. The number of hydrogen-bond acceptors (Lipinski definition) is 8. The van der Waals surface area contributed by atoms with Crippen LogP contribution >= 0.6 is 0 Å². The van der Waals surface area contributed by atoms with Crippen molar-refractivity contribution in [2.75, 3.05) is 0 Å². The van der Waals surface area contributed by atoms with Crippen molar-refractivity contribution < 1.29 is 40.9 Å². The molecule has 0 bridgehead atoms. The van der Waals surface area contributed by atoms with Crippen molar-refractivity contribution in [2.45, 2.75) is 314 Å². The van der Waals surface area contributed by atoms with Crippen LogP contribution in [0.4, 0.5) is 0 Å². The van der Waals surface area contributed by atoms with Crippen molar-refractivity contribution in [3.8, 4) is 0 Å². The first kappa shape index (κ1) is 83.6. The SMILES string of the molecule is C=C(C)C1C(C)CCCC1O.C=C(C)C1CC(C)CC(O)C1.C=C(C)C1CC(C)CCC1O.C=C(C)C1CC(O)CCC1C.C=C(C)C1CCC(C)C(O)C1.C=C(C)C1CCC(C)CC1O.C=C(C)C1CCCC(C)C1O.C=C(C)C1CCCC(O)C1C. The van der Waals surface area contributed by atoms with Gasteiger partial charge in [-0.25, -0.2) is 0 Å². The van der Waals surface area contributed by atoms with Crippen LogP contribution in [0.15, 0.2) is 97.2 Å². The molecule has 0 spiro atoms. The molecule has 0 aliphatic heterocycles. The summed E-state index contributed by atoms with van der Waals surface area (Å²) < 4.78 is 0. The van der Waals surface area contributed by atoms with Gasteiger partial charge in [-0.15, -0.1) is 0 Å². The second kappa shape index (κ2) is 42.8. The van der Waals surface area contributed by atoms with E-state index in [0.717, 1.165) is 130 Å². The molecule has 24 atom stereocenters. The van der Waals surface area contributed by atoms with E-state index < -0.39 is 0 Å². The second-order valence-electron chi connectivity index (χ2n) is 31.2. The van der Waals surface area contributed by atoms with Gasteiger partial charge in [0.15, 0.2) is 0 Å². The van der Waals surface area contributed by atoms with E-state index in [2.05, 4.69) is 136 Å². The molecule has 8 heteroatoms. The van der Waals surface area contributed by atoms with Gasteiger partial charge < -0.3 is 40.9 Å². The predicted molar refractivity (Wildman–Crippen MR) is 379 cm³/mol. The lowest BCUT2D eigenvalue weighted by Crippen LogP contribution is -2.32. The molecule has 512 valence electrons. The predicted octanol–water partition coefficient (Wildman–Crippen LogP) is 18.9. The van der Waals surface area contributed by atoms with E-state index in [1.54, 1.807) is 0 Å². The maximum absolute atomic E-state index is 9.75. The highest BCUT2D eigenvalue weighted by atomic mass is 16.3. The van der Waals surface area contributed by atoms with Gasteiger partial charge in [-0.05, 0) is 261 Å². The Balaban J connectivity index is 0.000000503. The Morgan fingerprint density at radius 3 is 1.19 bits per heavy atom. The van der Waals surface area contributed by atoms with Crippen molar-refractivity contribution >= 4 is 0 Å². The number of aliphatic hydroxyl groups excluding tert-OH is 8. The Bertz CT molecular complexity index is 1960. The summed E-state index contributed by atoms with van der Waals surface area (Å²) in [5.41, 5.74) is 9.50. The van der Waals surface area contributed by atoms with Crippen LogP contribution in [-0.4, -0.2) is 89.7 Å². The molecule has 88 heavy (non-hydrogen) atoms. The van der Waals surface area contributed by atoms with Gasteiger partial charge in [0.1, 0.15) is 0 Å². The Morgan fingerprint density at radius 2 is 0.750 bits per heavy atom. The molecule has 0 amide bonds. The first-order valence-electron chi connectivity index (χ1n) is 35.6. The van der Waals surface area contributed by atoms with Gasteiger partial charge in [0.2, 0.25) is 0 Å². The minimum absolute atomic E-state index is 0.0760. The first-order chi connectivity index (χ1) is 40.9. The molecule has 0 heterocycles. The molecule has 0 radical (unpaired) electrons. The van der Waals surface area contributed by atoms with Gasteiger partial charge in [-0.3, -0.25) is 0 Å². The third kappa shape index (κ3) is 31.0. The summed E-state index contributed by atoms with van der Waals surface area (Å²) >= 11 is 0. The van der Waals surface area contributed by atoms with Crippen molar-refractivity contribution in [1.29, 1.82) is 0 Å². The lowest BCUT2D eigenvalue weighted by molar-refractivity contribution is 0.0409. The normalized spacial score (nSPS) is 38.6. The van der Waals surface area contributed by atoms with E-state index in [1.807, 2.05) is 27.7 Å². The average Bonchev–Trinajstić information content (AvgIpc) is 3.57. The summed E-state index contributed by atoms with van der Waals surface area (Å²) in [6.07, 6.45) is 25.5. The highest BCUT2D eigenvalue weighted by molar-refractivity contribution is 5.07. The Morgan fingerprint density at radius 1 is 0.261 bits per heavy atom. The Kier molecular flexibility index (Phi) is 40.6. The minimum atomic E-state index is -0.138. The van der Waals surface area contributed by atoms with Crippen LogP contribution in [-0.2, 0) is 0 Å². The number of hydrogen-bond donors (Lipinski definition) is 8. The number of aliphatic hydroxyl groups is 8. The highest BCUT2D eigenvalue weighted by Crippen LogP contribution is 2.39. The molecule has 8 saturated carbocycles. The van der Waals surface area contributed by atoms with E-state index in [9.17, 15) is 40.9 Å². The maximum Gasteiger partial charge on any atom is 0.0630 e. The molecule has 8 nitrogen and oxygen atoms in total. The highest BCUT2D eigenvalue weighted by Gasteiger charge is 2.33. The fourth-order valence-electron chi connectivity index (χ4n) is 15.7. The molecule has 8 aliphatic rings. The molecule has 0 aromatic rings. The molecule has 8 fully saturated rings. The smallest absolute Gasteiger partial charge is 0.0630 e. The van der Waals surface area contributed by atoms with Crippen LogP contribution in [0.3, 0.4) is 0 Å². The van der Waals surface area contributed by atoms with Crippen LogP contribution in [0.25, 0.3) is 0 Å². The van der Waals surface area contributed by atoms with Crippen LogP contribution in [0.2, 0.25) is 0 Å². The topological polar surface area (TPSA) is 162 Å². The summed E-state index contributed by atoms with van der Waals surface area (Å²) in [5, 5.41) is 76.6.